The number of carbonyl (C=O) groups is 2. The van der Waals surface area contributed by atoms with Crippen LogP contribution in [0.4, 0.5) is 5.95 Å². The first-order chi connectivity index (χ1) is 11.1. The van der Waals surface area contributed by atoms with Gasteiger partial charge < -0.3 is 15.3 Å². The van der Waals surface area contributed by atoms with Gasteiger partial charge in [-0.05, 0) is 38.2 Å². The second kappa shape index (κ2) is 6.93. The summed E-state index contributed by atoms with van der Waals surface area (Å²) in [7, 11) is 0. The summed E-state index contributed by atoms with van der Waals surface area (Å²) in [4.78, 5) is 34.0. The minimum atomic E-state index is -0.787. The molecular formula is C16H22N4O3. The highest BCUT2D eigenvalue weighted by Gasteiger charge is 2.35. The Kier molecular flexibility index (Phi) is 4.73. The fraction of sp³-hybridized carbons (Fsp3) is 0.625. The van der Waals surface area contributed by atoms with Gasteiger partial charge in [0.1, 0.15) is 0 Å². The van der Waals surface area contributed by atoms with E-state index in [0.717, 1.165) is 19.4 Å². The Hall–Kier alpha value is -2.18. The van der Waals surface area contributed by atoms with Gasteiger partial charge in [0, 0.05) is 37.4 Å². The first-order valence-corrected chi connectivity index (χ1v) is 8.18. The van der Waals surface area contributed by atoms with Crippen LogP contribution in [-0.4, -0.2) is 46.1 Å². The lowest BCUT2D eigenvalue weighted by atomic mass is 10.0. The summed E-state index contributed by atoms with van der Waals surface area (Å²) in [6.45, 7) is 1.59. The molecular weight excluding hydrogens is 296 g/mol. The first-order valence-electron chi connectivity index (χ1n) is 8.18. The normalized spacial score (nSPS) is 27.7. The van der Waals surface area contributed by atoms with E-state index in [2.05, 4.69) is 20.2 Å². The molecule has 2 fully saturated rings. The van der Waals surface area contributed by atoms with E-state index in [1.165, 1.54) is 0 Å². The third-order valence-electron chi connectivity index (χ3n) is 4.76. The van der Waals surface area contributed by atoms with E-state index in [9.17, 15) is 9.59 Å². The number of hydrogen-bond acceptors (Lipinski definition) is 5. The molecule has 0 aromatic carbocycles. The van der Waals surface area contributed by atoms with E-state index in [-0.39, 0.29) is 23.8 Å². The number of rotatable bonds is 4. The van der Waals surface area contributed by atoms with E-state index in [0.29, 0.717) is 31.8 Å². The van der Waals surface area contributed by atoms with Crippen LogP contribution in [0, 0.1) is 11.8 Å². The highest BCUT2D eigenvalue weighted by Crippen LogP contribution is 2.31. The molecule has 3 atom stereocenters. The standard InChI is InChI=1S/C16H22N4O3/c21-14(11-4-5-12(9-11)15(22)23)19-13-3-1-8-20(10-13)16-17-6-2-7-18-16/h2,6-7,11-13H,1,3-5,8-10H2,(H,19,21)(H,22,23)/t11-,12+,13?/m0/s1. The largest absolute Gasteiger partial charge is 0.481 e. The number of nitrogens with zero attached hydrogens (tertiary/aromatic N) is 3. The monoisotopic (exact) mass is 318 g/mol. The van der Waals surface area contributed by atoms with E-state index in [1.807, 2.05) is 0 Å². The third kappa shape index (κ3) is 3.78. The quantitative estimate of drug-likeness (QED) is 0.862. The van der Waals surface area contributed by atoms with Crippen LogP contribution in [0.15, 0.2) is 18.5 Å². The lowest BCUT2D eigenvalue weighted by molar-refractivity contribution is -0.141. The minimum absolute atomic E-state index is 0.00502. The molecule has 0 spiro atoms. The Morgan fingerprint density at radius 1 is 1.17 bits per heavy atom. The molecule has 0 radical (unpaired) electrons. The number of hydrogen-bond donors (Lipinski definition) is 2. The fourth-order valence-corrected chi connectivity index (χ4v) is 3.49. The SMILES string of the molecule is O=C(O)[C@@H]1CC[C@H](C(=O)NC2CCCN(c3ncccn3)C2)C1. The summed E-state index contributed by atoms with van der Waals surface area (Å²) in [5.41, 5.74) is 0. The van der Waals surface area contributed by atoms with Crippen molar-refractivity contribution in [1.82, 2.24) is 15.3 Å². The predicted molar refractivity (Wildman–Crippen MR) is 83.9 cm³/mol. The molecule has 0 bridgehead atoms. The first kappa shape index (κ1) is 15.7. The maximum absolute atomic E-state index is 12.4. The van der Waals surface area contributed by atoms with Crippen LogP contribution in [0.1, 0.15) is 32.1 Å². The van der Waals surface area contributed by atoms with E-state index < -0.39 is 5.97 Å². The lowest BCUT2D eigenvalue weighted by Crippen LogP contribution is -2.49. The maximum atomic E-state index is 12.4. The molecule has 2 heterocycles. The second-order valence-electron chi connectivity index (χ2n) is 6.39. The topological polar surface area (TPSA) is 95.4 Å². The molecule has 7 heteroatoms. The summed E-state index contributed by atoms with van der Waals surface area (Å²) >= 11 is 0. The molecule has 1 saturated carbocycles. The van der Waals surface area contributed by atoms with Crippen molar-refractivity contribution in [2.24, 2.45) is 11.8 Å². The number of aliphatic carboxylic acids is 1. The Morgan fingerprint density at radius 3 is 2.61 bits per heavy atom. The molecule has 1 saturated heterocycles. The van der Waals surface area contributed by atoms with Crippen LogP contribution >= 0.6 is 0 Å². The van der Waals surface area contributed by atoms with Crippen molar-refractivity contribution in [2.75, 3.05) is 18.0 Å². The molecule has 124 valence electrons. The molecule has 23 heavy (non-hydrogen) atoms. The average Bonchev–Trinajstić information content (AvgIpc) is 3.06. The Bertz CT molecular complexity index is 566. The van der Waals surface area contributed by atoms with Gasteiger partial charge in [-0.15, -0.1) is 0 Å². The Balaban J connectivity index is 1.54. The summed E-state index contributed by atoms with van der Waals surface area (Å²) < 4.78 is 0. The third-order valence-corrected chi connectivity index (χ3v) is 4.76. The number of carbonyl (C=O) groups excluding carboxylic acids is 1. The van der Waals surface area contributed by atoms with Crippen molar-refractivity contribution in [3.05, 3.63) is 18.5 Å². The predicted octanol–water partition coefficient (Wildman–Crippen LogP) is 1.06. The summed E-state index contributed by atoms with van der Waals surface area (Å²) in [5.74, 6) is -0.635. The summed E-state index contributed by atoms with van der Waals surface area (Å²) in [6, 6.07) is 1.86. The highest BCUT2D eigenvalue weighted by atomic mass is 16.4. The number of carboxylic acid groups (broad SMARTS) is 1. The van der Waals surface area contributed by atoms with Gasteiger partial charge in [0.2, 0.25) is 11.9 Å². The Labute approximate surface area is 135 Å². The van der Waals surface area contributed by atoms with Crippen LogP contribution < -0.4 is 10.2 Å². The minimum Gasteiger partial charge on any atom is -0.481 e. The van der Waals surface area contributed by atoms with Crippen molar-refractivity contribution < 1.29 is 14.7 Å². The van der Waals surface area contributed by atoms with Crippen LogP contribution in [0.5, 0.6) is 0 Å². The van der Waals surface area contributed by atoms with Gasteiger partial charge in [0.25, 0.3) is 0 Å². The van der Waals surface area contributed by atoms with Gasteiger partial charge in [0.15, 0.2) is 0 Å². The molecule has 1 amide bonds. The van der Waals surface area contributed by atoms with Gasteiger partial charge in [-0.3, -0.25) is 9.59 Å². The smallest absolute Gasteiger partial charge is 0.306 e. The van der Waals surface area contributed by atoms with Crippen molar-refractivity contribution in [2.45, 2.75) is 38.1 Å². The molecule has 1 aliphatic heterocycles. The van der Waals surface area contributed by atoms with Crippen LogP contribution in [-0.2, 0) is 9.59 Å². The van der Waals surface area contributed by atoms with E-state index in [4.69, 9.17) is 5.11 Å². The number of aromatic nitrogens is 2. The van der Waals surface area contributed by atoms with Crippen molar-refractivity contribution >= 4 is 17.8 Å². The van der Waals surface area contributed by atoms with Gasteiger partial charge in [-0.2, -0.15) is 0 Å². The fourth-order valence-electron chi connectivity index (χ4n) is 3.49. The van der Waals surface area contributed by atoms with E-state index in [1.54, 1.807) is 18.5 Å². The number of carboxylic acids is 1. The molecule has 1 unspecified atom stereocenters. The second-order valence-corrected chi connectivity index (χ2v) is 6.39. The molecule has 3 rings (SSSR count). The van der Waals surface area contributed by atoms with Gasteiger partial charge in [0.05, 0.1) is 5.92 Å². The zero-order chi connectivity index (χ0) is 16.2. The molecule has 2 aliphatic rings. The Morgan fingerprint density at radius 2 is 1.91 bits per heavy atom. The van der Waals surface area contributed by atoms with E-state index >= 15 is 0 Å². The van der Waals surface area contributed by atoms with Crippen molar-refractivity contribution in [3.63, 3.8) is 0 Å². The van der Waals surface area contributed by atoms with Crippen LogP contribution in [0.25, 0.3) is 0 Å². The maximum Gasteiger partial charge on any atom is 0.306 e. The molecule has 7 nitrogen and oxygen atoms in total. The number of piperidine rings is 1. The molecule has 2 N–H and O–H groups in total. The lowest BCUT2D eigenvalue weighted by Gasteiger charge is -2.33. The highest BCUT2D eigenvalue weighted by molar-refractivity contribution is 5.81. The molecule has 1 aromatic heterocycles. The number of nitrogens with one attached hydrogen (secondary N) is 1. The van der Waals surface area contributed by atoms with Gasteiger partial charge in [-0.25, -0.2) is 9.97 Å². The summed E-state index contributed by atoms with van der Waals surface area (Å²) in [6.07, 6.45) is 7.07. The van der Waals surface area contributed by atoms with Crippen molar-refractivity contribution in [3.8, 4) is 0 Å². The zero-order valence-electron chi connectivity index (χ0n) is 13.0. The van der Waals surface area contributed by atoms with Crippen LogP contribution in [0.3, 0.4) is 0 Å². The molecule has 1 aliphatic carbocycles. The number of amides is 1. The average molecular weight is 318 g/mol. The van der Waals surface area contributed by atoms with Crippen molar-refractivity contribution in [1.29, 1.82) is 0 Å². The zero-order valence-corrected chi connectivity index (χ0v) is 13.0. The number of anilines is 1. The van der Waals surface area contributed by atoms with Gasteiger partial charge >= 0.3 is 5.97 Å². The molecule has 1 aromatic rings. The van der Waals surface area contributed by atoms with Crippen LogP contribution in [0.2, 0.25) is 0 Å². The van der Waals surface area contributed by atoms with Gasteiger partial charge in [-0.1, -0.05) is 0 Å². The summed E-state index contributed by atoms with van der Waals surface area (Å²) in [5, 5.41) is 12.1.